The molecule has 1 aromatic carbocycles. The van der Waals surface area contributed by atoms with E-state index in [1.807, 2.05) is 25.1 Å². The summed E-state index contributed by atoms with van der Waals surface area (Å²) in [4.78, 5) is 12.0. The number of benzene rings is 1. The van der Waals surface area contributed by atoms with Crippen LogP contribution in [-0.4, -0.2) is 24.3 Å². The highest BCUT2D eigenvalue weighted by Gasteiger charge is 2.27. The molecule has 0 fully saturated rings. The lowest BCUT2D eigenvalue weighted by atomic mass is 10.0. The number of urea groups is 1. The normalized spacial score (nSPS) is 13.3. The minimum Gasteiger partial charge on any atom is -0.463 e. The molecule has 0 radical (unpaired) electrons. The Balaban J connectivity index is 1.89. The van der Waals surface area contributed by atoms with Gasteiger partial charge in [0, 0.05) is 12.3 Å². The fourth-order valence-corrected chi connectivity index (χ4v) is 2.20. The monoisotopic (exact) mass is 332 g/mol. The van der Waals surface area contributed by atoms with Crippen molar-refractivity contribution in [1.82, 2.24) is 5.32 Å². The third-order valence-electron chi connectivity index (χ3n) is 3.52. The maximum atomic E-state index is 12.0. The molecule has 0 saturated heterocycles. The van der Waals surface area contributed by atoms with E-state index in [0.717, 1.165) is 5.56 Å². The predicted molar refractivity (Wildman–Crippen MR) is 91.8 cm³/mol. The summed E-state index contributed by atoms with van der Waals surface area (Å²) in [5.74, 6) is 1.12. The molecular weight excluding hydrogens is 308 g/mol. The van der Waals surface area contributed by atoms with Gasteiger partial charge in [0.1, 0.15) is 17.1 Å². The molecule has 0 aliphatic rings. The molecule has 0 saturated carbocycles. The van der Waals surface area contributed by atoms with Gasteiger partial charge in [0.2, 0.25) is 0 Å². The zero-order valence-corrected chi connectivity index (χ0v) is 14.3. The standard InChI is InChI=1S/C18H24N2O4/c1-4-23-11-14-6-5-7-15(10-14)20-17(21)19-12-18(3,22)16-9-8-13(2)24-16/h5-10,22H,4,11-12H2,1-3H3,(H2,19,20,21). The average Bonchev–Trinajstić information content (AvgIpc) is 2.99. The van der Waals surface area contributed by atoms with Crippen LogP contribution in [0.15, 0.2) is 40.8 Å². The number of anilines is 1. The molecule has 3 N–H and O–H groups in total. The number of ether oxygens (including phenoxy) is 1. The zero-order valence-electron chi connectivity index (χ0n) is 14.3. The SMILES string of the molecule is CCOCc1cccc(NC(=O)NCC(C)(O)c2ccc(C)o2)c1. The smallest absolute Gasteiger partial charge is 0.319 e. The number of amides is 2. The number of hydrogen-bond acceptors (Lipinski definition) is 4. The van der Waals surface area contributed by atoms with E-state index in [2.05, 4.69) is 10.6 Å². The molecule has 2 amide bonds. The maximum Gasteiger partial charge on any atom is 0.319 e. The lowest BCUT2D eigenvalue weighted by molar-refractivity contribution is 0.0364. The van der Waals surface area contributed by atoms with E-state index in [-0.39, 0.29) is 6.54 Å². The molecule has 0 spiro atoms. The van der Waals surface area contributed by atoms with Crippen LogP contribution in [0, 0.1) is 6.92 Å². The van der Waals surface area contributed by atoms with Crippen LogP contribution in [0.1, 0.15) is 30.9 Å². The van der Waals surface area contributed by atoms with E-state index in [0.29, 0.717) is 30.4 Å². The summed E-state index contributed by atoms with van der Waals surface area (Å²) in [5, 5.41) is 15.8. The zero-order chi connectivity index (χ0) is 17.6. The van der Waals surface area contributed by atoms with Gasteiger partial charge >= 0.3 is 6.03 Å². The Bertz CT molecular complexity index is 679. The molecule has 1 atom stereocenters. The topological polar surface area (TPSA) is 83.7 Å². The van der Waals surface area contributed by atoms with Crippen LogP contribution in [0.25, 0.3) is 0 Å². The van der Waals surface area contributed by atoms with Gasteiger partial charge in [0.15, 0.2) is 0 Å². The van der Waals surface area contributed by atoms with Crippen molar-refractivity contribution in [3.05, 3.63) is 53.5 Å². The Morgan fingerprint density at radius 3 is 2.79 bits per heavy atom. The van der Waals surface area contributed by atoms with Crippen LogP contribution >= 0.6 is 0 Å². The molecule has 24 heavy (non-hydrogen) atoms. The second-order valence-corrected chi connectivity index (χ2v) is 5.83. The van der Waals surface area contributed by atoms with Gasteiger partial charge in [0.05, 0.1) is 13.2 Å². The summed E-state index contributed by atoms with van der Waals surface area (Å²) in [6.45, 7) is 6.50. The van der Waals surface area contributed by atoms with E-state index in [1.54, 1.807) is 32.0 Å². The van der Waals surface area contributed by atoms with Crippen molar-refractivity contribution in [2.75, 3.05) is 18.5 Å². The molecule has 1 aromatic heterocycles. The first kappa shape index (κ1) is 18.0. The first-order valence-corrected chi connectivity index (χ1v) is 7.91. The van der Waals surface area contributed by atoms with Crippen LogP contribution in [0.4, 0.5) is 10.5 Å². The van der Waals surface area contributed by atoms with Gasteiger partial charge in [-0.25, -0.2) is 4.79 Å². The van der Waals surface area contributed by atoms with E-state index in [1.165, 1.54) is 0 Å². The first-order chi connectivity index (χ1) is 11.4. The van der Waals surface area contributed by atoms with Crippen LogP contribution in [0.2, 0.25) is 0 Å². The summed E-state index contributed by atoms with van der Waals surface area (Å²) in [6.07, 6.45) is 0. The second-order valence-electron chi connectivity index (χ2n) is 5.83. The number of carbonyl (C=O) groups excluding carboxylic acids is 1. The van der Waals surface area contributed by atoms with Crippen LogP contribution in [0.5, 0.6) is 0 Å². The maximum absolute atomic E-state index is 12.0. The fourth-order valence-electron chi connectivity index (χ4n) is 2.20. The fraction of sp³-hybridized carbons (Fsp3) is 0.389. The third-order valence-corrected chi connectivity index (χ3v) is 3.52. The Morgan fingerprint density at radius 1 is 1.33 bits per heavy atom. The minimum atomic E-state index is -1.28. The highest BCUT2D eigenvalue weighted by Crippen LogP contribution is 2.22. The van der Waals surface area contributed by atoms with Gasteiger partial charge in [-0.05, 0) is 50.6 Å². The second kappa shape index (κ2) is 7.99. The summed E-state index contributed by atoms with van der Waals surface area (Å²) in [6, 6.07) is 10.5. The number of carbonyl (C=O) groups is 1. The Kier molecular flexibility index (Phi) is 6.00. The summed E-state index contributed by atoms with van der Waals surface area (Å²) >= 11 is 0. The van der Waals surface area contributed by atoms with Crippen molar-refractivity contribution in [2.24, 2.45) is 0 Å². The van der Waals surface area contributed by atoms with Gasteiger partial charge in [-0.15, -0.1) is 0 Å². The summed E-state index contributed by atoms with van der Waals surface area (Å²) in [5.41, 5.74) is 0.369. The van der Waals surface area contributed by atoms with E-state index >= 15 is 0 Å². The molecular formula is C18H24N2O4. The lowest BCUT2D eigenvalue weighted by Crippen LogP contribution is -2.40. The van der Waals surface area contributed by atoms with Crippen molar-refractivity contribution in [3.8, 4) is 0 Å². The molecule has 2 rings (SSSR count). The first-order valence-electron chi connectivity index (χ1n) is 7.91. The quantitative estimate of drug-likeness (QED) is 0.727. The van der Waals surface area contributed by atoms with Crippen LogP contribution < -0.4 is 10.6 Å². The number of nitrogens with one attached hydrogen (secondary N) is 2. The number of rotatable bonds is 7. The minimum absolute atomic E-state index is 0.0322. The van der Waals surface area contributed by atoms with Crippen molar-refractivity contribution < 1.29 is 19.1 Å². The average molecular weight is 332 g/mol. The molecule has 130 valence electrons. The van der Waals surface area contributed by atoms with Gasteiger partial charge in [-0.3, -0.25) is 0 Å². The van der Waals surface area contributed by atoms with E-state index in [4.69, 9.17) is 9.15 Å². The van der Waals surface area contributed by atoms with Gasteiger partial charge < -0.3 is 24.9 Å². The number of hydrogen-bond donors (Lipinski definition) is 3. The Hall–Kier alpha value is -2.31. The highest BCUT2D eigenvalue weighted by molar-refractivity contribution is 5.89. The predicted octanol–water partition coefficient (Wildman–Crippen LogP) is 3.15. The Labute approximate surface area is 141 Å². The summed E-state index contributed by atoms with van der Waals surface area (Å²) in [7, 11) is 0. The molecule has 1 heterocycles. The molecule has 0 aliphatic heterocycles. The third kappa shape index (κ3) is 5.11. The molecule has 0 bridgehead atoms. The molecule has 6 heteroatoms. The lowest BCUT2D eigenvalue weighted by Gasteiger charge is -2.21. The molecule has 6 nitrogen and oxygen atoms in total. The van der Waals surface area contributed by atoms with Gasteiger partial charge in [-0.1, -0.05) is 12.1 Å². The summed E-state index contributed by atoms with van der Waals surface area (Å²) < 4.78 is 10.8. The van der Waals surface area contributed by atoms with Gasteiger partial charge in [0.25, 0.3) is 0 Å². The molecule has 0 aliphatic carbocycles. The van der Waals surface area contributed by atoms with E-state index < -0.39 is 11.6 Å². The van der Waals surface area contributed by atoms with Crippen LogP contribution in [0.3, 0.4) is 0 Å². The van der Waals surface area contributed by atoms with E-state index in [9.17, 15) is 9.90 Å². The van der Waals surface area contributed by atoms with Crippen molar-refractivity contribution in [2.45, 2.75) is 33.0 Å². The number of furan rings is 1. The molecule has 1 unspecified atom stereocenters. The number of aliphatic hydroxyl groups is 1. The van der Waals surface area contributed by atoms with Gasteiger partial charge in [-0.2, -0.15) is 0 Å². The van der Waals surface area contributed by atoms with Crippen molar-refractivity contribution in [1.29, 1.82) is 0 Å². The highest BCUT2D eigenvalue weighted by atomic mass is 16.5. The van der Waals surface area contributed by atoms with Crippen molar-refractivity contribution in [3.63, 3.8) is 0 Å². The largest absolute Gasteiger partial charge is 0.463 e. The van der Waals surface area contributed by atoms with Crippen molar-refractivity contribution >= 4 is 11.7 Å². The van der Waals surface area contributed by atoms with Crippen LogP contribution in [-0.2, 0) is 16.9 Å². The molecule has 2 aromatic rings. The Morgan fingerprint density at radius 2 is 2.12 bits per heavy atom. The number of aryl methyl sites for hydroxylation is 1.